The van der Waals surface area contributed by atoms with E-state index >= 15 is 0 Å². The highest BCUT2D eigenvalue weighted by molar-refractivity contribution is 6.33. The Labute approximate surface area is 113 Å². The molecule has 0 bridgehead atoms. The third-order valence-corrected chi connectivity index (χ3v) is 2.56. The smallest absolute Gasteiger partial charge is 0.387 e. The summed E-state index contributed by atoms with van der Waals surface area (Å²) < 4.78 is 33.3. The standard InChI is InChI=1S/C12H11ClF2O4/c1-2-18-10(17)5-8-3-7(6-16)4-9(11(8)13)19-12(14)15/h3-4,6,12H,2,5H2,1H3. The van der Waals surface area contributed by atoms with E-state index in [1.54, 1.807) is 6.92 Å². The van der Waals surface area contributed by atoms with Crippen LogP contribution >= 0.6 is 11.6 Å². The lowest BCUT2D eigenvalue weighted by molar-refractivity contribution is -0.142. The Morgan fingerprint density at radius 2 is 2.16 bits per heavy atom. The molecule has 0 saturated heterocycles. The minimum Gasteiger partial charge on any atom is -0.466 e. The summed E-state index contributed by atoms with van der Waals surface area (Å²) in [6.45, 7) is -1.26. The maximum absolute atomic E-state index is 12.2. The van der Waals surface area contributed by atoms with Crippen LogP contribution < -0.4 is 4.74 Å². The van der Waals surface area contributed by atoms with Crippen molar-refractivity contribution in [3.05, 3.63) is 28.3 Å². The van der Waals surface area contributed by atoms with Gasteiger partial charge in [0, 0.05) is 5.56 Å². The van der Waals surface area contributed by atoms with Crippen LogP contribution in [0, 0.1) is 0 Å². The first-order valence-electron chi connectivity index (χ1n) is 5.36. The zero-order valence-corrected chi connectivity index (χ0v) is 10.7. The monoisotopic (exact) mass is 292 g/mol. The van der Waals surface area contributed by atoms with Gasteiger partial charge < -0.3 is 9.47 Å². The maximum Gasteiger partial charge on any atom is 0.387 e. The van der Waals surface area contributed by atoms with Crippen LogP contribution in [0.15, 0.2) is 12.1 Å². The second-order valence-corrected chi connectivity index (χ2v) is 3.85. The molecule has 0 saturated carbocycles. The molecule has 1 aromatic rings. The molecule has 0 fully saturated rings. The van der Waals surface area contributed by atoms with Crippen LogP contribution in [0.25, 0.3) is 0 Å². The molecular weight excluding hydrogens is 282 g/mol. The van der Waals surface area contributed by atoms with Crippen molar-refractivity contribution in [2.24, 2.45) is 0 Å². The summed E-state index contributed by atoms with van der Waals surface area (Å²) in [7, 11) is 0. The van der Waals surface area contributed by atoms with E-state index in [4.69, 9.17) is 16.3 Å². The summed E-state index contributed by atoms with van der Waals surface area (Å²) in [4.78, 5) is 22.1. The van der Waals surface area contributed by atoms with Crippen molar-refractivity contribution in [2.75, 3.05) is 6.61 Å². The van der Waals surface area contributed by atoms with Gasteiger partial charge in [-0.25, -0.2) is 0 Å². The number of hydrogen-bond donors (Lipinski definition) is 0. The molecule has 7 heteroatoms. The molecule has 0 heterocycles. The fraction of sp³-hybridized carbons (Fsp3) is 0.333. The molecule has 0 spiro atoms. The molecule has 0 amide bonds. The molecule has 104 valence electrons. The molecule has 1 aromatic carbocycles. The Hall–Kier alpha value is -1.69. The zero-order chi connectivity index (χ0) is 14.4. The number of aldehydes is 1. The molecule has 1 rings (SSSR count). The maximum atomic E-state index is 12.2. The predicted molar refractivity (Wildman–Crippen MR) is 63.8 cm³/mol. The second kappa shape index (κ2) is 7.04. The van der Waals surface area contributed by atoms with E-state index < -0.39 is 12.6 Å². The quantitative estimate of drug-likeness (QED) is 0.597. The second-order valence-electron chi connectivity index (χ2n) is 3.47. The van der Waals surface area contributed by atoms with Crippen LogP contribution in [-0.2, 0) is 16.0 Å². The molecule has 0 aliphatic rings. The molecule has 0 aliphatic carbocycles. The lowest BCUT2D eigenvalue weighted by atomic mass is 10.1. The minimum atomic E-state index is -3.07. The van der Waals surface area contributed by atoms with E-state index in [1.165, 1.54) is 6.07 Å². The van der Waals surface area contributed by atoms with Crippen LogP contribution in [0.3, 0.4) is 0 Å². The number of carbonyl (C=O) groups excluding carboxylic acids is 2. The molecule has 0 aliphatic heterocycles. The van der Waals surface area contributed by atoms with Crippen molar-refractivity contribution in [3.63, 3.8) is 0 Å². The van der Waals surface area contributed by atoms with E-state index in [0.29, 0.717) is 6.29 Å². The van der Waals surface area contributed by atoms with E-state index in [2.05, 4.69) is 4.74 Å². The van der Waals surface area contributed by atoms with E-state index in [1.807, 2.05) is 0 Å². The van der Waals surface area contributed by atoms with Gasteiger partial charge in [0.1, 0.15) is 12.0 Å². The molecule has 0 aromatic heterocycles. The minimum absolute atomic E-state index is 0.0827. The molecule has 19 heavy (non-hydrogen) atoms. The number of carbonyl (C=O) groups is 2. The summed E-state index contributed by atoms with van der Waals surface area (Å²) in [6, 6.07) is 2.40. The number of ether oxygens (including phenoxy) is 2. The molecular formula is C12H11ClF2O4. The molecule has 0 atom stereocenters. The van der Waals surface area contributed by atoms with Gasteiger partial charge in [-0.1, -0.05) is 11.6 Å². The lowest BCUT2D eigenvalue weighted by Gasteiger charge is -2.11. The molecule has 0 N–H and O–H groups in total. The van der Waals surface area contributed by atoms with Crippen molar-refractivity contribution in [3.8, 4) is 5.75 Å². The lowest BCUT2D eigenvalue weighted by Crippen LogP contribution is -2.10. The highest BCUT2D eigenvalue weighted by atomic mass is 35.5. The van der Waals surface area contributed by atoms with Gasteiger partial charge in [0.05, 0.1) is 18.1 Å². The number of benzene rings is 1. The Morgan fingerprint density at radius 3 is 2.68 bits per heavy atom. The Morgan fingerprint density at radius 1 is 1.47 bits per heavy atom. The average Bonchev–Trinajstić information content (AvgIpc) is 2.33. The van der Waals surface area contributed by atoms with Crippen LogP contribution in [0.2, 0.25) is 5.02 Å². The SMILES string of the molecule is CCOC(=O)Cc1cc(C=O)cc(OC(F)F)c1Cl. The van der Waals surface area contributed by atoms with Crippen molar-refractivity contribution in [1.82, 2.24) is 0 Å². The predicted octanol–water partition coefficient (Wildman–Crippen LogP) is 2.86. The van der Waals surface area contributed by atoms with Crippen LogP contribution in [0.5, 0.6) is 5.75 Å². The number of esters is 1. The van der Waals surface area contributed by atoms with Gasteiger partial charge in [0.2, 0.25) is 0 Å². The number of hydrogen-bond acceptors (Lipinski definition) is 4. The summed E-state index contributed by atoms with van der Waals surface area (Å²) in [6.07, 6.45) is 0.220. The summed E-state index contributed by atoms with van der Waals surface area (Å²) in [5.41, 5.74) is 0.278. The van der Waals surface area contributed by atoms with Crippen molar-refractivity contribution in [2.45, 2.75) is 20.0 Å². The first-order chi connectivity index (χ1) is 8.97. The fourth-order valence-electron chi connectivity index (χ4n) is 1.43. The number of halogens is 3. The summed E-state index contributed by atoms with van der Waals surface area (Å²) in [5, 5.41) is -0.140. The topological polar surface area (TPSA) is 52.6 Å². The Bertz CT molecular complexity index is 477. The third kappa shape index (κ3) is 4.48. The van der Waals surface area contributed by atoms with Gasteiger partial charge in [0.15, 0.2) is 0 Å². The van der Waals surface area contributed by atoms with Crippen LogP contribution in [-0.4, -0.2) is 25.5 Å². The zero-order valence-electron chi connectivity index (χ0n) is 9.99. The van der Waals surface area contributed by atoms with Gasteiger partial charge in [-0.05, 0) is 24.6 Å². The van der Waals surface area contributed by atoms with Gasteiger partial charge in [-0.3, -0.25) is 9.59 Å². The van der Waals surface area contributed by atoms with Crippen molar-refractivity contribution in [1.29, 1.82) is 0 Å². The van der Waals surface area contributed by atoms with Gasteiger partial charge in [-0.2, -0.15) is 8.78 Å². The van der Waals surface area contributed by atoms with Crippen LogP contribution in [0.4, 0.5) is 8.78 Å². The third-order valence-electron chi connectivity index (χ3n) is 2.13. The normalized spacial score (nSPS) is 10.4. The van der Waals surface area contributed by atoms with E-state index in [9.17, 15) is 18.4 Å². The Kier molecular flexibility index (Phi) is 5.69. The van der Waals surface area contributed by atoms with E-state index in [0.717, 1.165) is 6.07 Å². The number of rotatable bonds is 6. The van der Waals surface area contributed by atoms with Gasteiger partial charge in [0.25, 0.3) is 0 Å². The summed E-state index contributed by atoms with van der Waals surface area (Å²) >= 11 is 5.84. The first-order valence-corrected chi connectivity index (χ1v) is 5.73. The van der Waals surface area contributed by atoms with Crippen molar-refractivity contribution < 1.29 is 27.8 Å². The largest absolute Gasteiger partial charge is 0.466 e. The van der Waals surface area contributed by atoms with E-state index in [-0.39, 0.29) is 34.9 Å². The molecule has 0 radical (unpaired) electrons. The van der Waals surface area contributed by atoms with Gasteiger partial charge in [-0.15, -0.1) is 0 Å². The number of alkyl halides is 2. The fourth-order valence-corrected chi connectivity index (χ4v) is 1.65. The first kappa shape index (κ1) is 15.4. The van der Waals surface area contributed by atoms with Gasteiger partial charge >= 0.3 is 12.6 Å². The highest BCUT2D eigenvalue weighted by Gasteiger charge is 2.16. The molecule has 4 nitrogen and oxygen atoms in total. The molecule has 0 unspecified atom stereocenters. The summed E-state index contributed by atoms with van der Waals surface area (Å²) in [5.74, 6) is -0.920. The van der Waals surface area contributed by atoms with Crippen molar-refractivity contribution >= 4 is 23.9 Å². The Balaban J connectivity index is 3.08. The average molecular weight is 293 g/mol. The highest BCUT2D eigenvalue weighted by Crippen LogP contribution is 2.31. The van der Waals surface area contributed by atoms with Crippen LogP contribution in [0.1, 0.15) is 22.8 Å².